The Morgan fingerprint density at radius 2 is 1.30 bits per heavy atom. The van der Waals surface area contributed by atoms with E-state index >= 15 is 0 Å². The van der Waals surface area contributed by atoms with Crippen LogP contribution in [-0.2, 0) is 6.54 Å². The highest BCUT2D eigenvalue weighted by molar-refractivity contribution is 5.45. The number of pyridine rings is 1. The summed E-state index contributed by atoms with van der Waals surface area (Å²) in [5.74, 6) is 0. The van der Waals surface area contributed by atoms with Crippen LogP contribution in [0.25, 0.3) is 0 Å². The van der Waals surface area contributed by atoms with Crippen molar-refractivity contribution in [2.75, 3.05) is 13.1 Å². The van der Waals surface area contributed by atoms with Crippen LogP contribution < -0.4 is 43.0 Å². The Bertz CT molecular complexity index is 583. The molecule has 0 spiro atoms. The number of halogens is 2. The first-order chi connectivity index (χ1) is 13.8. The van der Waals surface area contributed by atoms with Gasteiger partial charge < -0.3 is 34.0 Å². The van der Waals surface area contributed by atoms with E-state index < -0.39 is 0 Å². The molecule has 172 valence electrons. The van der Waals surface area contributed by atoms with Crippen molar-refractivity contribution in [3.63, 3.8) is 0 Å². The number of aryl methyl sites for hydroxylation is 1. The molecule has 0 aliphatic carbocycles. The van der Waals surface area contributed by atoms with Gasteiger partial charge in [0.05, 0.1) is 18.7 Å². The van der Waals surface area contributed by atoms with E-state index in [2.05, 4.69) is 67.4 Å². The summed E-state index contributed by atoms with van der Waals surface area (Å²) in [6.07, 6.45) is 30.1. The quantitative estimate of drug-likeness (QED) is 0.177. The van der Waals surface area contributed by atoms with Crippen LogP contribution in [0.5, 0.6) is 0 Å². The molecule has 1 aliphatic rings. The van der Waals surface area contributed by atoms with Crippen molar-refractivity contribution in [3.8, 4) is 0 Å². The number of aromatic nitrogens is 1. The molecule has 0 N–H and O–H groups in total. The minimum atomic E-state index is 0. The first-order valence-electron chi connectivity index (χ1n) is 12.0. The molecule has 2 heterocycles. The van der Waals surface area contributed by atoms with Crippen molar-refractivity contribution in [2.24, 2.45) is 0 Å². The zero-order chi connectivity index (χ0) is 19.9. The van der Waals surface area contributed by atoms with E-state index in [4.69, 9.17) is 0 Å². The smallest absolute Gasteiger partial charge is 0.174 e. The highest BCUT2D eigenvalue weighted by atomic mass is 79.9. The molecule has 30 heavy (non-hydrogen) atoms. The summed E-state index contributed by atoms with van der Waals surface area (Å²) in [6.45, 7) is 8.03. The average Bonchev–Trinajstić information content (AvgIpc) is 2.74. The van der Waals surface area contributed by atoms with Crippen molar-refractivity contribution >= 4 is 5.69 Å². The van der Waals surface area contributed by atoms with E-state index in [-0.39, 0.29) is 34.0 Å². The second-order valence-corrected chi connectivity index (χ2v) is 8.54. The number of nitrogens with zero attached hydrogens (tertiary/aromatic N) is 2. The average molecular weight is 544 g/mol. The van der Waals surface area contributed by atoms with Gasteiger partial charge in [-0.25, -0.2) is 4.57 Å². The molecule has 2 rings (SSSR count). The van der Waals surface area contributed by atoms with Gasteiger partial charge in [0.2, 0.25) is 0 Å². The number of rotatable bonds is 15. The SMILES string of the molecule is CCCCCCCC[n+]1ccc([N+]2(CCCCCCCC)C=CC=CC2)cc1.[Br-].[Br-]. The van der Waals surface area contributed by atoms with Crippen LogP contribution in [-0.4, -0.2) is 13.1 Å². The molecule has 1 atom stereocenters. The summed E-state index contributed by atoms with van der Waals surface area (Å²) in [6, 6.07) is 4.72. The fraction of sp³-hybridized carbons (Fsp3) is 0.654. The van der Waals surface area contributed by atoms with Crippen molar-refractivity contribution in [1.29, 1.82) is 0 Å². The number of unbranched alkanes of at least 4 members (excludes halogenated alkanes) is 10. The first-order valence-corrected chi connectivity index (χ1v) is 12.0. The summed E-state index contributed by atoms with van der Waals surface area (Å²) in [5, 5.41) is 0. The highest BCUT2D eigenvalue weighted by Gasteiger charge is 2.28. The Morgan fingerprint density at radius 1 is 0.733 bits per heavy atom. The maximum atomic E-state index is 2.40. The molecule has 0 bridgehead atoms. The molecular formula is C26H44Br2N2. The Kier molecular flexibility index (Phi) is 17.9. The van der Waals surface area contributed by atoms with Gasteiger partial charge in [-0.05, 0) is 31.4 Å². The van der Waals surface area contributed by atoms with E-state index in [1.54, 1.807) is 0 Å². The van der Waals surface area contributed by atoms with Gasteiger partial charge >= 0.3 is 0 Å². The van der Waals surface area contributed by atoms with E-state index in [0.29, 0.717) is 0 Å². The van der Waals surface area contributed by atoms with Crippen molar-refractivity contribution in [3.05, 3.63) is 49.0 Å². The van der Waals surface area contributed by atoms with Crippen LogP contribution in [0.3, 0.4) is 0 Å². The lowest BCUT2D eigenvalue weighted by Crippen LogP contribution is -3.00. The maximum Gasteiger partial charge on any atom is 0.174 e. The summed E-state index contributed by atoms with van der Waals surface area (Å²) < 4.78 is 3.36. The lowest BCUT2D eigenvalue weighted by Gasteiger charge is -2.34. The molecule has 0 radical (unpaired) electrons. The summed E-state index contributed by atoms with van der Waals surface area (Å²) in [7, 11) is 0. The molecule has 1 aromatic rings. The third-order valence-electron chi connectivity index (χ3n) is 6.12. The minimum Gasteiger partial charge on any atom is -1.00 e. The van der Waals surface area contributed by atoms with Gasteiger partial charge in [-0.15, -0.1) is 0 Å². The third kappa shape index (κ3) is 10.7. The molecule has 1 aliphatic heterocycles. The Morgan fingerprint density at radius 3 is 1.87 bits per heavy atom. The zero-order valence-corrected chi connectivity index (χ0v) is 22.5. The third-order valence-corrected chi connectivity index (χ3v) is 6.12. The fourth-order valence-corrected chi connectivity index (χ4v) is 4.23. The van der Waals surface area contributed by atoms with Crippen molar-refractivity contribution in [2.45, 2.75) is 97.4 Å². The topological polar surface area (TPSA) is 3.88 Å². The van der Waals surface area contributed by atoms with Gasteiger partial charge in [-0.2, -0.15) is 0 Å². The number of quaternary nitrogens is 1. The minimum absolute atomic E-state index is 0. The van der Waals surface area contributed by atoms with Crippen molar-refractivity contribution < 1.29 is 38.5 Å². The van der Waals surface area contributed by atoms with Crippen LogP contribution in [0, 0.1) is 0 Å². The largest absolute Gasteiger partial charge is 1.00 e. The summed E-state index contributed by atoms with van der Waals surface area (Å²) in [4.78, 5) is 0. The molecule has 1 aromatic heterocycles. The molecular weight excluding hydrogens is 500 g/mol. The van der Waals surface area contributed by atoms with Gasteiger partial charge in [0.1, 0.15) is 25.0 Å². The van der Waals surface area contributed by atoms with E-state index in [1.807, 2.05) is 0 Å². The Hall–Kier alpha value is -0.450. The molecule has 0 fully saturated rings. The molecule has 0 aromatic carbocycles. The van der Waals surface area contributed by atoms with Crippen LogP contribution in [0.4, 0.5) is 5.69 Å². The van der Waals surface area contributed by atoms with E-state index in [1.165, 1.54) is 89.3 Å². The molecule has 0 saturated carbocycles. The molecule has 0 amide bonds. The van der Waals surface area contributed by atoms with E-state index in [9.17, 15) is 0 Å². The molecule has 2 nitrogen and oxygen atoms in total. The Balaban J connectivity index is 0.00000420. The predicted octanol–water partition coefficient (Wildman–Crippen LogP) is 1.09. The van der Waals surface area contributed by atoms with Crippen LogP contribution in [0.2, 0.25) is 0 Å². The second kappa shape index (κ2) is 18.2. The molecule has 0 saturated heterocycles. The number of hydrogen-bond donors (Lipinski definition) is 0. The van der Waals surface area contributed by atoms with Gasteiger partial charge in [0.25, 0.3) is 0 Å². The van der Waals surface area contributed by atoms with Crippen LogP contribution in [0.15, 0.2) is 49.0 Å². The first kappa shape index (κ1) is 29.5. The second-order valence-electron chi connectivity index (χ2n) is 8.54. The Labute approximate surface area is 207 Å². The lowest BCUT2D eigenvalue weighted by molar-refractivity contribution is -0.697. The number of allylic oxidation sites excluding steroid dienone is 2. The van der Waals surface area contributed by atoms with Gasteiger partial charge in [0, 0.05) is 6.42 Å². The van der Waals surface area contributed by atoms with Crippen LogP contribution in [0.1, 0.15) is 90.9 Å². The zero-order valence-electron chi connectivity index (χ0n) is 19.4. The highest BCUT2D eigenvalue weighted by Crippen LogP contribution is 2.26. The van der Waals surface area contributed by atoms with E-state index in [0.717, 1.165) is 17.6 Å². The normalized spacial score (nSPS) is 17.4. The fourth-order valence-electron chi connectivity index (χ4n) is 4.23. The summed E-state index contributed by atoms with van der Waals surface area (Å²) in [5.41, 5.74) is 1.44. The monoisotopic (exact) mass is 542 g/mol. The van der Waals surface area contributed by atoms with Crippen LogP contribution >= 0.6 is 0 Å². The predicted molar refractivity (Wildman–Crippen MR) is 123 cm³/mol. The number of hydrogen-bond acceptors (Lipinski definition) is 0. The standard InChI is InChI=1S/C26H44N2.2BrH/c1-3-5-7-9-11-14-20-27-21-18-26(19-22-27)28(24-16-13-17-25-28)23-15-12-10-8-6-4-2;;/h13,16-19,21-22,24H,3-12,14-15,20,23,25H2,1-2H3;2*1H/q+2;;/p-2. The van der Waals surface area contributed by atoms with Gasteiger partial charge in [-0.1, -0.05) is 71.3 Å². The summed E-state index contributed by atoms with van der Waals surface area (Å²) >= 11 is 0. The molecule has 1 unspecified atom stereocenters. The lowest BCUT2D eigenvalue weighted by atomic mass is 10.1. The van der Waals surface area contributed by atoms with Gasteiger partial charge in [0.15, 0.2) is 12.4 Å². The van der Waals surface area contributed by atoms with Gasteiger partial charge in [-0.3, -0.25) is 4.48 Å². The van der Waals surface area contributed by atoms with Crippen molar-refractivity contribution in [1.82, 2.24) is 4.48 Å². The maximum absolute atomic E-state index is 2.40. The molecule has 4 heteroatoms.